The number of rotatable bonds is 4. The number of anilines is 2. The van der Waals surface area contributed by atoms with Crippen LogP contribution >= 0.6 is 11.3 Å². The van der Waals surface area contributed by atoms with Crippen LogP contribution in [0.25, 0.3) is 27.9 Å². The number of nitrogens with zero attached hydrogens (tertiary/aromatic N) is 3. The summed E-state index contributed by atoms with van der Waals surface area (Å²) in [7, 11) is 1.36. The number of carbonyl (C=O) groups is 2. The SMILES string of the molecule is COC(=O)c1c(NC(=O)c2c(N)n(-c3ccc(C)cc3)c3nc4ccccc4nc23)sc2c1CCCC2. The average molecular weight is 512 g/mol. The van der Waals surface area contributed by atoms with Crippen molar-refractivity contribution >= 4 is 56.2 Å². The van der Waals surface area contributed by atoms with E-state index in [2.05, 4.69) is 5.32 Å². The highest BCUT2D eigenvalue weighted by molar-refractivity contribution is 7.17. The normalized spacial score (nSPS) is 13.0. The lowest BCUT2D eigenvalue weighted by Crippen LogP contribution is -2.16. The van der Waals surface area contributed by atoms with Crippen molar-refractivity contribution in [2.24, 2.45) is 0 Å². The van der Waals surface area contributed by atoms with Crippen LogP contribution in [0.2, 0.25) is 0 Å². The first kappa shape index (κ1) is 23.2. The minimum absolute atomic E-state index is 0.219. The fourth-order valence-electron chi connectivity index (χ4n) is 4.98. The number of carbonyl (C=O) groups excluding carboxylic acids is 2. The Balaban J connectivity index is 1.53. The number of nitrogens with one attached hydrogen (secondary N) is 1. The molecule has 9 heteroatoms. The Kier molecular flexibility index (Phi) is 5.64. The van der Waals surface area contributed by atoms with Crippen LogP contribution in [0.3, 0.4) is 0 Å². The van der Waals surface area contributed by atoms with E-state index in [-0.39, 0.29) is 11.4 Å². The molecule has 1 aliphatic carbocycles. The lowest BCUT2D eigenvalue weighted by molar-refractivity contribution is 0.0601. The molecule has 0 fully saturated rings. The summed E-state index contributed by atoms with van der Waals surface area (Å²) in [6, 6.07) is 15.3. The topological polar surface area (TPSA) is 112 Å². The molecule has 3 aromatic heterocycles. The third kappa shape index (κ3) is 3.82. The summed E-state index contributed by atoms with van der Waals surface area (Å²) in [4.78, 5) is 37.3. The van der Waals surface area contributed by atoms with Crippen LogP contribution in [0.15, 0.2) is 48.5 Å². The van der Waals surface area contributed by atoms with Gasteiger partial charge in [0.15, 0.2) is 5.65 Å². The number of esters is 1. The third-order valence-electron chi connectivity index (χ3n) is 6.80. The van der Waals surface area contributed by atoms with E-state index < -0.39 is 11.9 Å². The van der Waals surface area contributed by atoms with Crippen LogP contribution in [-0.4, -0.2) is 33.5 Å². The largest absolute Gasteiger partial charge is 0.465 e. The van der Waals surface area contributed by atoms with Crippen LogP contribution in [0.4, 0.5) is 10.8 Å². The molecule has 0 radical (unpaired) electrons. The summed E-state index contributed by atoms with van der Waals surface area (Å²) in [6.07, 6.45) is 3.73. The van der Waals surface area contributed by atoms with Gasteiger partial charge in [0, 0.05) is 10.6 Å². The van der Waals surface area contributed by atoms with Crippen molar-refractivity contribution in [1.29, 1.82) is 0 Å². The van der Waals surface area contributed by atoms with Crippen molar-refractivity contribution < 1.29 is 14.3 Å². The predicted octanol–water partition coefficient (Wildman–Crippen LogP) is 5.44. The average Bonchev–Trinajstić information content (AvgIpc) is 3.41. The first-order valence-electron chi connectivity index (χ1n) is 12.1. The van der Waals surface area contributed by atoms with Gasteiger partial charge >= 0.3 is 5.97 Å². The number of ether oxygens (including phenoxy) is 1. The molecular weight excluding hydrogens is 486 g/mol. The molecule has 2 aromatic carbocycles. The first-order valence-corrected chi connectivity index (χ1v) is 13.0. The fourth-order valence-corrected chi connectivity index (χ4v) is 6.25. The van der Waals surface area contributed by atoms with E-state index >= 15 is 0 Å². The molecule has 0 aliphatic heterocycles. The number of aryl methyl sites for hydroxylation is 2. The zero-order valence-corrected chi connectivity index (χ0v) is 21.3. The molecule has 5 aromatic rings. The smallest absolute Gasteiger partial charge is 0.341 e. The molecule has 0 atom stereocenters. The quantitative estimate of drug-likeness (QED) is 0.311. The molecule has 0 bridgehead atoms. The van der Waals surface area contributed by atoms with Gasteiger partial charge in [-0.3, -0.25) is 9.36 Å². The second-order valence-corrected chi connectivity index (χ2v) is 10.3. The molecule has 37 heavy (non-hydrogen) atoms. The minimum Gasteiger partial charge on any atom is -0.465 e. The number of aromatic nitrogens is 3. The van der Waals surface area contributed by atoms with Gasteiger partial charge < -0.3 is 15.8 Å². The number of hydrogen-bond acceptors (Lipinski definition) is 7. The third-order valence-corrected chi connectivity index (χ3v) is 8.01. The first-order chi connectivity index (χ1) is 18.0. The van der Waals surface area contributed by atoms with Crippen molar-refractivity contribution in [3.05, 3.63) is 75.7 Å². The van der Waals surface area contributed by atoms with Crippen molar-refractivity contribution in [1.82, 2.24) is 14.5 Å². The summed E-state index contributed by atoms with van der Waals surface area (Å²) in [5, 5.41) is 3.45. The molecule has 3 N–H and O–H groups in total. The fraction of sp³-hybridized carbons (Fsp3) is 0.214. The zero-order valence-electron chi connectivity index (χ0n) is 20.5. The lowest BCUT2D eigenvalue weighted by Gasteiger charge is -2.11. The van der Waals surface area contributed by atoms with E-state index in [9.17, 15) is 9.59 Å². The molecule has 1 aliphatic rings. The number of hydrogen-bond donors (Lipinski definition) is 2. The van der Waals surface area contributed by atoms with Gasteiger partial charge in [-0.05, 0) is 62.4 Å². The van der Waals surface area contributed by atoms with Crippen LogP contribution < -0.4 is 11.1 Å². The standard InChI is InChI=1S/C28H25N5O3S/c1-15-11-13-16(14-12-15)33-24(29)22(23-25(33)31-19-9-5-4-8-18(19)30-23)26(34)32-27-21(28(35)36-2)17-7-3-6-10-20(17)37-27/h4-5,8-9,11-14H,3,6-7,10,29H2,1-2H3,(H,32,34). The van der Waals surface area contributed by atoms with Gasteiger partial charge in [-0.1, -0.05) is 29.8 Å². The van der Waals surface area contributed by atoms with E-state index in [4.69, 9.17) is 20.4 Å². The monoisotopic (exact) mass is 511 g/mol. The second-order valence-electron chi connectivity index (χ2n) is 9.18. The highest BCUT2D eigenvalue weighted by Crippen LogP contribution is 2.39. The van der Waals surface area contributed by atoms with Crippen LogP contribution in [0.5, 0.6) is 0 Å². The van der Waals surface area contributed by atoms with E-state index in [0.717, 1.165) is 47.4 Å². The van der Waals surface area contributed by atoms with E-state index in [1.54, 1.807) is 4.57 Å². The Labute approximate surface area is 217 Å². The summed E-state index contributed by atoms with van der Waals surface area (Å²) in [6.45, 7) is 2.01. The molecule has 8 nitrogen and oxygen atoms in total. The molecule has 0 unspecified atom stereocenters. The van der Waals surface area contributed by atoms with Gasteiger partial charge in [-0.25, -0.2) is 14.8 Å². The summed E-state index contributed by atoms with van der Waals surface area (Å²) >= 11 is 1.43. The summed E-state index contributed by atoms with van der Waals surface area (Å²) in [5.41, 5.74) is 12.4. The van der Waals surface area contributed by atoms with Crippen molar-refractivity contribution in [2.45, 2.75) is 32.6 Å². The Bertz CT molecular complexity index is 1700. The Hall–Kier alpha value is -4.24. The van der Waals surface area contributed by atoms with Crippen molar-refractivity contribution in [3.8, 4) is 5.69 Å². The van der Waals surface area contributed by atoms with Gasteiger partial charge in [-0.2, -0.15) is 0 Å². The van der Waals surface area contributed by atoms with Gasteiger partial charge in [0.2, 0.25) is 0 Å². The maximum Gasteiger partial charge on any atom is 0.341 e. The number of fused-ring (bicyclic) bond motifs is 3. The second kappa shape index (κ2) is 9.01. The van der Waals surface area contributed by atoms with Gasteiger partial charge in [0.25, 0.3) is 5.91 Å². The number of para-hydroxylation sites is 2. The molecule has 186 valence electrons. The van der Waals surface area contributed by atoms with Gasteiger partial charge in [0.05, 0.1) is 23.7 Å². The number of methoxy groups -OCH3 is 1. The zero-order chi connectivity index (χ0) is 25.7. The molecular formula is C28H25N5O3S. The number of nitrogen functional groups attached to an aromatic ring is 1. The van der Waals surface area contributed by atoms with Crippen LogP contribution in [0.1, 0.15) is 49.6 Å². The van der Waals surface area contributed by atoms with Crippen LogP contribution in [0, 0.1) is 6.92 Å². The molecule has 6 rings (SSSR count). The minimum atomic E-state index is -0.449. The summed E-state index contributed by atoms with van der Waals surface area (Å²) < 4.78 is 6.82. The molecule has 0 spiro atoms. The van der Waals surface area contributed by atoms with E-state index in [1.807, 2.05) is 55.5 Å². The van der Waals surface area contributed by atoms with E-state index in [0.29, 0.717) is 32.8 Å². The molecule has 0 saturated heterocycles. The molecule has 0 saturated carbocycles. The molecule has 3 heterocycles. The Morgan fingerprint density at radius 3 is 2.43 bits per heavy atom. The lowest BCUT2D eigenvalue weighted by atomic mass is 9.95. The number of amides is 1. The van der Waals surface area contributed by atoms with Crippen LogP contribution in [-0.2, 0) is 17.6 Å². The molecule has 1 amide bonds. The highest BCUT2D eigenvalue weighted by Gasteiger charge is 2.30. The maximum atomic E-state index is 13.8. The van der Waals surface area contributed by atoms with Gasteiger partial charge in [0.1, 0.15) is 21.9 Å². The Morgan fingerprint density at radius 2 is 1.70 bits per heavy atom. The number of nitrogens with two attached hydrogens (primary N) is 1. The predicted molar refractivity (Wildman–Crippen MR) is 146 cm³/mol. The van der Waals surface area contributed by atoms with Crippen molar-refractivity contribution in [3.63, 3.8) is 0 Å². The highest BCUT2D eigenvalue weighted by atomic mass is 32.1. The number of benzene rings is 2. The van der Waals surface area contributed by atoms with Crippen molar-refractivity contribution in [2.75, 3.05) is 18.2 Å². The van der Waals surface area contributed by atoms with Gasteiger partial charge in [-0.15, -0.1) is 11.3 Å². The Morgan fingerprint density at radius 1 is 1.00 bits per heavy atom. The maximum absolute atomic E-state index is 13.8. The van der Waals surface area contributed by atoms with E-state index in [1.165, 1.54) is 18.4 Å². The summed E-state index contributed by atoms with van der Waals surface area (Å²) in [5.74, 6) is -0.662. The number of thiophene rings is 1.